The highest BCUT2D eigenvalue weighted by atomic mass is 16.1. The largest absolute Gasteiger partial charge is 0.387 e. The highest BCUT2D eigenvalue weighted by Gasteiger charge is 2.41. The molecule has 0 radical (unpaired) electrons. The van der Waals surface area contributed by atoms with Gasteiger partial charge in [-0.2, -0.15) is 0 Å². The van der Waals surface area contributed by atoms with Crippen molar-refractivity contribution in [1.29, 1.82) is 0 Å². The van der Waals surface area contributed by atoms with E-state index in [1.807, 2.05) is 44.2 Å². The monoisotopic (exact) mass is 267 g/mol. The first kappa shape index (κ1) is 12.8. The number of carbonyl (C=O) groups excluding carboxylic acids is 1. The normalized spacial score (nSPS) is 26.6. The van der Waals surface area contributed by atoms with Gasteiger partial charge in [-0.05, 0) is 30.7 Å². The van der Waals surface area contributed by atoms with E-state index in [-0.39, 0.29) is 11.7 Å². The zero-order valence-corrected chi connectivity index (χ0v) is 11.6. The van der Waals surface area contributed by atoms with E-state index < -0.39 is 5.54 Å². The van der Waals surface area contributed by atoms with E-state index in [0.29, 0.717) is 12.3 Å². The van der Waals surface area contributed by atoms with Gasteiger partial charge in [-0.1, -0.05) is 19.1 Å². The molecule has 0 bridgehead atoms. The molecule has 2 aromatic rings. The number of hydrogen-bond donors (Lipinski definition) is 1. The molecule has 1 aliphatic rings. The second kappa shape index (κ2) is 4.40. The van der Waals surface area contributed by atoms with Gasteiger partial charge in [-0.3, -0.25) is 14.8 Å². The number of ketones is 1. The van der Waals surface area contributed by atoms with E-state index in [0.717, 1.165) is 16.5 Å². The van der Waals surface area contributed by atoms with Crippen LogP contribution in [-0.2, 0) is 10.3 Å². The van der Waals surface area contributed by atoms with Gasteiger partial charge in [0.1, 0.15) is 5.54 Å². The Kier molecular flexibility index (Phi) is 2.82. The maximum atomic E-state index is 12.6. The highest BCUT2D eigenvalue weighted by molar-refractivity contribution is 6.00. The second-order valence-electron chi connectivity index (χ2n) is 5.56. The van der Waals surface area contributed by atoms with Gasteiger partial charge in [-0.15, -0.1) is 0 Å². The molecule has 1 aromatic heterocycles. The van der Waals surface area contributed by atoms with Crippen LogP contribution in [0, 0.1) is 5.92 Å². The summed E-state index contributed by atoms with van der Waals surface area (Å²) < 4.78 is 0. The molecule has 1 unspecified atom stereocenters. The number of Topliss-reactive ketones (excluding diaryl/α,β-unsaturated/α-hetero) is 1. The lowest BCUT2D eigenvalue weighted by Gasteiger charge is -2.32. The molecule has 4 nitrogen and oxygen atoms in total. The van der Waals surface area contributed by atoms with E-state index in [1.165, 1.54) is 0 Å². The summed E-state index contributed by atoms with van der Waals surface area (Å²) in [6.45, 7) is 3.75. The van der Waals surface area contributed by atoms with Crippen molar-refractivity contribution in [2.75, 3.05) is 0 Å². The van der Waals surface area contributed by atoms with Crippen LogP contribution in [0.2, 0.25) is 0 Å². The molecule has 2 heterocycles. The molecule has 0 saturated carbocycles. The molecule has 4 heteroatoms. The Labute approximate surface area is 117 Å². The number of fused-ring (bicyclic) bond motifs is 1. The van der Waals surface area contributed by atoms with Crippen molar-refractivity contribution >= 4 is 22.5 Å². The first-order chi connectivity index (χ1) is 9.50. The summed E-state index contributed by atoms with van der Waals surface area (Å²) in [5, 5.41) is 1.01. The fourth-order valence-corrected chi connectivity index (χ4v) is 2.86. The summed E-state index contributed by atoms with van der Waals surface area (Å²) in [5.41, 5.74) is 6.80. The van der Waals surface area contributed by atoms with Crippen molar-refractivity contribution in [3.8, 4) is 0 Å². The van der Waals surface area contributed by atoms with Gasteiger partial charge in [0.05, 0.1) is 11.4 Å². The molecular formula is C16H17N3O. The Morgan fingerprint density at radius 1 is 1.35 bits per heavy atom. The first-order valence-corrected chi connectivity index (χ1v) is 6.74. The average Bonchev–Trinajstić information content (AvgIpc) is 2.44. The highest BCUT2D eigenvalue weighted by Crippen LogP contribution is 2.35. The van der Waals surface area contributed by atoms with Crippen molar-refractivity contribution in [3.05, 3.63) is 42.1 Å². The molecule has 2 atom stereocenters. The summed E-state index contributed by atoms with van der Waals surface area (Å²) in [5.74, 6) is 0.572. The van der Waals surface area contributed by atoms with E-state index in [2.05, 4.69) is 9.98 Å². The number of hydrogen-bond acceptors (Lipinski definition) is 4. The molecule has 3 rings (SSSR count). The number of benzene rings is 1. The number of rotatable bonds is 1. The Balaban J connectivity index is 2.17. The Morgan fingerprint density at radius 2 is 2.15 bits per heavy atom. The maximum absolute atomic E-state index is 12.6. The Morgan fingerprint density at radius 3 is 2.95 bits per heavy atom. The minimum atomic E-state index is -0.883. The average molecular weight is 267 g/mol. The quantitative estimate of drug-likeness (QED) is 0.862. The van der Waals surface area contributed by atoms with Gasteiger partial charge >= 0.3 is 0 Å². The third kappa shape index (κ3) is 1.88. The molecule has 0 saturated heterocycles. The van der Waals surface area contributed by atoms with Gasteiger partial charge < -0.3 is 5.73 Å². The van der Waals surface area contributed by atoms with Crippen LogP contribution < -0.4 is 5.73 Å². The molecule has 0 fully saturated rings. The Hall–Kier alpha value is -2.23. The lowest BCUT2D eigenvalue weighted by molar-refractivity contribution is -0.127. The molecule has 20 heavy (non-hydrogen) atoms. The van der Waals surface area contributed by atoms with Gasteiger partial charge in [-0.25, -0.2) is 0 Å². The van der Waals surface area contributed by atoms with Crippen molar-refractivity contribution in [2.24, 2.45) is 16.6 Å². The third-order valence-electron chi connectivity index (χ3n) is 3.98. The van der Waals surface area contributed by atoms with Crippen LogP contribution in [0.5, 0.6) is 0 Å². The zero-order valence-electron chi connectivity index (χ0n) is 11.6. The Bertz CT molecular complexity index is 722. The topological polar surface area (TPSA) is 68.3 Å². The molecule has 2 N–H and O–H groups in total. The van der Waals surface area contributed by atoms with Crippen LogP contribution in [0.25, 0.3) is 10.9 Å². The molecular weight excluding hydrogens is 250 g/mol. The predicted octanol–water partition coefficient (Wildman–Crippen LogP) is 2.42. The summed E-state index contributed by atoms with van der Waals surface area (Å²) in [6, 6.07) is 9.70. The molecule has 1 aromatic carbocycles. The van der Waals surface area contributed by atoms with Crippen LogP contribution in [0.4, 0.5) is 0 Å². The predicted molar refractivity (Wildman–Crippen MR) is 79.5 cm³/mol. The minimum Gasteiger partial charge on any atom is -0.387 e. The fourth-order valence-electron chi connectivity index (χ4n) is 2.86. The minimum absolute atomic E-state index is 0.0953. The van der Waals surface area contributed by atoms with Crippen LogP contribution in [0.3, 0.4) is 0 Å². The number of carbonyl (C=O) groups is 1. The van der Waals surface area contributed by atoms with Crippen LogP contribution in [0.15, 0.2) is 41.5 Å². The number of aliphatic imine (C=N–C) groups is 1. The van der Waals surface area contributed by atoms with Gasteiger partial charge in [0, 0.05) is 23.9 Å². The zero-order chi connectivity index (χ0) is 14.3. The number of nitrogens with two attached hydrogens (primary N) is 1. The number of pyridine rings is 1. The first-order valence-electron chi connectivity index (χ1n) is 6.74. The summed E-state index contributed by atoms with van der Waals surface area (Å²) >= 11 is 0. The fraction of sp³-hybridized carbons (Fsp3) is 0.312. The molecule has 0 aliphatic carbocycles. The lowest BCUT2D eigenvalue weighted by Crippen LogP contribution is -2.42. The van der Waals surface area contributed by atoms with Crippen molar-refractivity contribution < 1.29 is 4.79 Å². The smallest absolute Gasteiger partial charge is 0.167 e. The van der Waals surface area contributed by atoms with Gasteiger partial charge in [0.2, 0.25) is 0 Å². The molecule has 102 valence electrons. The van der Waals surface area contributed by atoms with Crippen LogP contribution >= 0.6 is 0 Å². The summed E-state index contributed by atoms with van der Waals surface area (Å²) in [6.07, 6.45) is 2.30. The van der Waals surface area contributed by atoms with Gasteiger partial charge in [0.15, 0.2) is 5.78 Å². The summed E-state index contributed by atoms with van der Waals surface area (Å²) in [7, 11) is 0. The molecule has 1 aliphatic heterocycles. The van der Waals surface area contributed by atoms with Crippen molar-refractivity contribution in [3.63, 3.8) is 0 Å². The van der Waals surface area contributed by atoms with Gasteiger partial charge in [0.25, 0.3) is 0 Å². The van der Waals surface area contributed by atoms with E-state index in [1.54, 1.807) is 6.20 Å². The maximum Gasteiger partial charge on any atom is 0.167 e. The van der Waals surface area contributed by atoms with Crippen molar-refractivity contribution in [2.45, 2.75) is 25.8 Å². The SMILES string of the molecule is C[C@H]1CC(N)=NC(C)(c2ccc3ncccc3c2)C1=O. The summed E-state index contributed by atoms with van der Waals surface area (Å²) in [4.78, 5) is 21.3. The number of aromatic nitrogens is 1. The lowest BCUT2D eigenvalue weighted by atomic mass is 9.78. The second-order valence-corrected chi connectivity index (χ2v) is 5.56. The van der Waals surface area contributed by atoms with Crippen molar-refractivity contribution in [1.82, 2.24) is 4.98 Å². The van der Waals surface area contributed by atoms with E-state index >= 15 is 0 Å². The third-order valence-corrected chi connectivity index (χ3v) is 3.98. The van der Waals surface area contributed by atoms with E-state index in [9.17, 15) is 4.79 Å². The molecule has 0 spiro atoms. The standard InChI is InChI=1S/C16H17N3O/c1-10-8-14(17)19-16(2,15(10)20)12-5-6-13-11(9-12)4-3-7-18-13/h3-7,9-10H,8H2,1-2H3,(H2,17,19)/t10-,16?/m0/s1. The molecule has 0 amide bonds. The number of nitrogens with zero attached hydrogens (tertiary/aromatic N) is 2. The van der Waals surface area contributed by atoms with Crippen LogP contribution in [-0.4, -0.2) is 16.6 Å². The van der Waals surface area contributed by atoms with E-state index in [4.69, 9.17) is 5.73 Å². The van der Waals surface area contributed by atoms with Crippen LogP contribution in [0.1, 0.15) is 25.8 Å². The number of amidine groups is 1.